The number of amides is 2. The molecule has 1 aliphatic rings. The Kier molecular flexibility index (Phi) is 3.20. The van der Waals surface area contributed by atoms with Crippen molar-refractivity contribution >= 4 is 11.8 Å². The van der Waals surface area contributed by atoms with Crippen LogP contribution < -0.4 is 0 Å². The summed E-state index contributed by atoms with van der Waals surface area (Å²) in [5, 5.41) is 18.1. The smallest absolute Gasteiger partial charge is 0.255 e. The van der Waals surface area contributed by atoms with Crippen LogP contribution in [0.3, 0.4) is 0 Å². The normalized spacial score (nSPS) is 18.9. The monoisotopic (exact) mass is 203 g/mol. The van der Waals surface area contributed by atoms with Gasteiger partial charge in [-0.05, 0) is 6.92 Å². The van der Waals surface area contributed by atoms with Crippen LogP contribution in [0, 0.1) is 0 Å². The Labute approximate surface area is 81.1 Å². The summed E-state index contributed by atoms with van der Waals surface area (Å²) in [4.78, 5) is 23.5. The fourth-order valence-electron chi connectivity index (χ4n) is 1.29. The number of rotatable bonds is 3. The molecule has 80 valence electrons. The highest BCUT2D eigenvalue weighted by atomic mass is 16.5. The Hall–Kier alpha value is -0.980. The quantitative estimate of drug-likeness (QED) is 0.524. The van der Waals surface area contributed by atoms with Gasteiger partial charge in [-0.2, -0.15) is 0 Å². The number of imide groups is 1. The first-order valence-corrected chi connectivity index (χ1v) is 4.20. The van der Waals surface area contributed by atoms with E-state index in [2.05, 4.69) is 0 Å². The van der Waals surface area contributed by atoms with Crippen molar-refractivity contribution in [1.82, 2.24) is 4.90 Å². The van der Waals surface area contributed by atoms with Crippen LogP contribution in [0.4, 0.5) is 0 Å². The van der Waals surface area contributed by atoms with Gasteiger partial charge in [0.2, 0.25) is 0 Å². The van der Waals surface area contributed by atoms with Gasteiger partial charge in [-0.25, -0.2) is 0 Å². The Morgan fingerprint density at radius 2 is 1.71 bits per heavy atom. The second-order valence-corrected chi connectivity index (χ2v) is 3.43. The number of ether oxygens (including phenoxy) is 1. The van der Waals surface area contributed by atoms with Crippen LogP contribution in [-0.4, -0.2) is 58.9 Å². The molecule has 0 radical (unpaired) electrons. The van der Waals surface area contributed by atoms with Gasteiger partial charge in [0.25, 0.3) is 11.8 Å². The summed E-state index contributed by atoms with van der Waals surface area (Å²) in [6, 6.07) is 0. The predicted molar refractivity (Wildman–Crippen MR) is 45.2 cm³/mol. The molecule has 0 aliphatic carbocycles. The van der Waals surface area contributed by atoms with Crippen LogP contribution in [0.2, 0.25) is 0 Å². The van der Waals surface area contributed by atoms with E-state index in [1.807, 2.05) is 0 Å². The molecule has 1 saturated heterocycles. The minimum absolute atomic E-state index is 0.193. The summed E-state index contributed by atoms with van der Waals surface area (Å²) >= 11 is 0. The summed E-state index contributed by atoms with van der Waals surface area (Å²) in [5.41, 5.74) is -1.24. The highest BCUT2D eigenvalue weighted by molar-refractivity contribution is 5.99. The summed E-state index contributed by atoms with van der Waals surface area (Å²) in [5.74, 6) is -1.07. The number of nitrogens with zero attached hydrogens (tertiary/aromatic N) is 1. The second-order valence-electron chi connectivity index (χ2n) is 3.43. The number of carbonyl (C=O) groups excluding carboxylic acids is 2. The van der Waals surface area contributed by atoms with E-state index in [4.69, 9.17) is 14.9 Å². The molecule has 0 aromatic heterocycles. The number of aliphatic hydroxyl groups excluding tert-OH is 2. The van der Waals surface area contributed by atoms with Gasteiger partial charge in [0.05, 0.1) is 18.8 Å². The van der Waals surface area contributed by atoms with Crippen molar-refractivity contribution in [3.05, 3.63) is 0 Å². The molecule has 6 nitrogen and oxygen atoms in total. The molecule has 1 heterocycles. The Balaban J connectivity index is 2.91. The first kappa shape index (κ1) is 11.1. The largest absolute Gasteiger partial charge is 0.394 e. The lowest BCUT2D eigenvalue weighted by molar-refractivity contribution is -0.170. The third-order valence-corrected chi connectivity index (χ3v) is 2.17. The number of carbonyl (C=O) groups is 2. The topological polar surface area (TPSA) is 87.1 Å². The first-order valence-electron chi connectivity index (χ1n) is 4.20. The van der Waals surface area contributed by atoms with Crippen molar-refractivity contribution in [2.24, 2.45) is 0 Å². The maximum atomic E-state index is 11.3. The van der Waals surface area contributed by atoms with Crippen molar-refractivity contribution in [3.8, 4) is 0 Å². The van der Waals surface area contributed by atoms with Gasteiger partial charge >= 0.3 is 0 Å². The van der Waals surface area contributed by atoms with Crippen LogP contribution in [0.15, 0.2) is 0 Å². The third-order valence-electron chi connectivity index (χ3n) is 2.17. The number of hydrogen-bond donors (Lipinski definition) is 2. The van der Waals surface area contributed by atoms with Gasteiger partial charge in [0.15, 0.2) is 0 Å². The third kappa shape index (κ3) is 1.77. The van der Waals surface area contributed by atoms with E-state index < -0.39 is 30.6 Å². The zero-order valence-corrected chi connectivity index (χ0v) is 7.89. The first-order chi connectivity index (χ1) is 6.55. The SMILES string of the molecule is CC(CO)(CO)N1C(=O)COCC1=O. The second kappa shape index (κ2) is 4.04. The lowest BCUT2D eigenvalue weighted by Gasteiger charge is -2.38. The molecule has 0 aromatic rings. The Morgan fingerprint density at radius 3 is 2.07 bits per heavy atom. The Bertz CT molecular complexity index is 232. The molecule has 0 spiro atoms. The molecule has 2 N–H and O–H groups in total. The number of hydrogen-bond acceptors (Lipinski definition) is 5. The lowest BCUT2D eigenvalue weighted by Crippen LogP contribution is -2.61. The summed E-state index contributed by atoms with van der Waals surface area (Å²) < 4.78 is 4.70. The molecular weight excluding hydrogens is 190 g/mol. The molecule has 6 heteroatoms. The molecule has 0 aromatic carbocycles. The van der Waals surface area contributed by atoms with Crippen molar-refractivity contribution in [2.45, 2.75) is 12.5 Å². The highest BCUT2D eigenvalue weighted by Gasteiger charge is 2.41. The average molecular weight is 203 g/mol. The van der Waals surface area contributed by atoms with E-state index in [-0.39, 0.29) is 13.2 Å². The van der Waals surface area contributed by atoms with Gasteiger partial charge in [-0.1, -0.05) is 0 Å². The number of aliphatic hydroxyl groups is 2. The summed E-state index contributed by atoms with van der Waals surface area (Å²) in [6.45, 7) is 0.110. The summed E-state index contributed by atoms with van der Waals surface area (Å²) in [7, 11) is 0. The van der Waals surface area contributed by atoms with Crippen LogP contribution in [0.1, 0.15) is 6.92 Å². The van der Waals surface area contributed by atoms with E-state index in [0.29, 0.717) is 0 Å². The Morgan fingerprint density at radius 1 is 1.29 bits per heavy atom. The lowest BCUT2D eigenvalue weighted by atomic mass is 10.0. The van der Waals surface area contributed by atoms with Crippen molar-refractivity contribution < 1.29 is 24.5 Å². The van der Waals surface area contributed by atoms with Crippen molar-refractivity contribution in [3.63, 3.8) is 0 Å². The van der Waals surface area contributed by atoms with Crippen LogP contribution in [0.5, 0.6) is 0 Å². The van der Waals surface area contributed by atoms with Gasteiger partial charge in [0, 0.05) is 0 Å². The van der Waals surface area contributed by atoms with Gasteiger partial charge in [-0.3, -0.25) is 14.5 Å². The van der Waals surface area contributed by atoms with E-state index in [1.165, 1.54) is 6.92 Å². The minimum atomic E-state index is -1.24. The van der Waals surface area contributed by atoms with Crippen molar-refractivity contribution in [1.29, 1.82) is 0 Å². The van der Waals surface area contributed by atoms with Crippen LogP contribution in [0.25, 0.3) is 0 Å². The van der Waals surface area contributed by atoms with Gasteiger partial charge < -0.3 is 14.9 Å². The van der Waals surface area contributed by atoms with E-state index >= 15 is 0 Å². The van der Waals surface area contributed by atoms with E-state index in [1.54, 1.807) is 0 Å². The fourth-order valence-corrected chi connectivity index (χ4v) is 1.29. The molecule has 1 rings (SSSR count). The highest BCUT2D eigenvalue weighted by Crippen LogP contribution is 2.17. The zero-order valence-electron chi connectivity index (χ0n) is 7.89. The molecular formula is C8H13NO5. The van der Waals surface area contributed by atoms with E-state index in [9.17, 15) is 9.59 Å². The molecule has 0 atom stereocenters. The average Bonchev–Trinajstić information content (AvgIpc) is 2.17. The fraction of sp³-hybridized carbons (Fsp3) is 0.750. The van der Waals surface area contributed by atoms with Gasteiger partial charge in [-0.15, -0.1) is 0 Å². The molecule has 1 aliphatic heterocycles. The minimum Gasteiger partial charge on any atom is -0.394 e. The molecule has 0 unspecified atom stereocenters. The number of morpholine rings is 1. The molecule has 0 bridgehead atoms. The van der Waals surface area contributed by atoms with Crippen LogP contribution in [-0.2, 0) is 14.3 Å². The zero-order chi connectivity index (χ0) is 10.8. The molecule has 14 heavy (non-hydrogen) atoms. The maximum Gasteiger partial charge on any atom is 0.255 e. The van der Waals surface area contributed by atoms with Gasteiger partial charge in [0.1, 0.15) is 13.2 Å². The molecule has 2 amide bonds. The van der Waals surface area contributed by atoms with Crippen LogP contribution >= 0.6 is 0 Å². The maximum absolute atomic E-state index is 11.3. The predicted octanol–water partition coefficient (Wildman–Crippen LogP) is -1.88. The summed E-state index contributed by atoms with van der Waals surface area (Å²) in [6.07, 6.45) is 0. The molecule has 0 saturated carbocycles. The van der Waals surface area contributed by atoms with E-state index in [0.717, 1.165) is 4.90 Å². The molecule has 1 fully saturated rings. The van der Waals surface area contributed by atoms with Crippen molar-refractivity contribution in [2.75, 3.05) is 26.4 Å². The standard InChI is InChI=1S/C8H13NO5/c1-8(4-10,5-11)9-6(12)2-14-3-7(9)13/h10-11H,2-5H2,1H3.